The number of carbonyl (C=O) groups excluding carboxylic acids is 1. The van der Waals surface area contributed by atoms with Crippen LogP contribution in [-0.2, 0) is 9.59 Å². The molecule has 0 aromatic rings. The molecule has 206 valence electrons. The summed E-state index contributed by atoms with van der Waals surface area (Å²) in [5, 5.41) is 57.0. The van der Waals surface area contributed by atoms with Crippen molar-refractivity contribution in [1.82, 2.24) is 10.6 Å². The van der Waals surface area contributed by atoms with Crippen LogP contribution in [0.2, 0.25) is 0 Å². The first kappa shape index (κ1) is 34.0. The van der Waals surface area contributed by atoms with Crippen LogP contribution < -0.4 is 10.6 Å². The topological polar surface area (TPSA) is 159 Å². The number of rotatable bonds is 19. The maximum Gasteiger partial charge on any atom is 0.321 e. The van der Waals surface area contributed by atoms with Gasteiger partial charge in [0.25, 0.3) is 0 Å². The number of hydrogen-bond donors (Lipinski definition) is 7. The second-order valence-electron chi connectivity index (χ2n) is 9.66. The Morgan fingerprint density at radius 3 is 1.83 bits per heavy atom. The van der Waals surface area contributed by atoms with E-state index in [0.717, 1.165) is 4.91 Å². The summed E-state index contributed by atoms with van der Waals surface area (Å²) < 4.78 is 0. The number of carbonyl (C=O) groups is 2. The van der Waals surface area contributed by atoms with E-state index in [0.29, 0.717) is 19.3 Å². The van der Waals surface area contributed by atoms with Crippen molar-refractivity contribution < 1.29 is 35.1 Å². The first-order valence-corrected chi connectivity index (χ1v) is 13.6. The average Bonchev–Trinajstić information content (AvgIpc) is 2.85. The zero-order valence-electron chi connectivity index (χ0n) is 22.4. The smallest absolute Gasteiger partial charge is 0.321 e. The van der Waals surface area contributed by atoms with E-state index in [9.17, 15) is 35.1 Å². The molecule has 10 heteroatoms. The average molecular weight is 521 g/mol. The molecule has 6 atom stereocenters. The minimum Gasteiger partial charge on any atom is -0.480 e. The lowest BCUT2D eigenvalue weighted by Gasteiger charge is -2.43. The Balaban J connectivity index is 6.45. The summed E-state index contributed by atoms with van der Waals surface area (Å²) in [6, 6.07) is -2.38. The third kappa shape index (κ3) is 9.10. The SMILES string of the molecule is C=C(CC(C)C(NC(CC)(CC)C(=O)C(NC(C)(CC)CC)C(O)C(O)C(O)CO)C(=O)O)SC. The number of allylic oxidation sites excluding steroid dienone is 1. The van der Waals surface area contributed by atoms with E-state index in [1.54, 1.807) is 20.8 Å². The highest BCUT2D eigenvalue weighted by atomic mass is 32.2. The fourth-order valence-corrected chi connectivity index (χ4v) is 4.57. The van der Waals surface area contributed by atoms with E-state index in [1.165, 1.54) is 11.8 Å². The summed E-state index contributed by atoms with van der Waals surface area (Å²) >= 11 is 1.45. The molecule has 0 aliphatic heterocycles. The molecule has 7 N–H and O–H groups in total. The van der Waals surface area contributed by atoms with Crippen molar-refractivity contribution in [3.63, 3.8) is 0 Å². The van der Waals surface area contributed by atoms with E-state index in [1.807, 2.05) is 27.0 Å². The van der Waals surface area contributed by atoms with Crippen molar-refractivity contribution in [2.45, 2.75) is 115 Å². The van der Waals surface area contributed by atoms with Crippen molar-refractivity contribution in [3.8, 4) is 0 Å². The van der Waals surface area contributed by atoms with Crippen molar-refractivity contribution in [2.24, 2.45) is 5.92 Å². The Labute approximate surface area is 214 Å². The summed E-state index contributed by atoms with van der Waals surface area (Å²) in [6.07, 6.45) is -1.16. The molecule has 0 aromatic heterocycles. The van der Waals surface area contributed by atoms with Gasteiger partial charge in [0.05, 0.1) is 18.2 Å². The first-order chi connectivity index (χ1) is 16.2. The van der Waals surface area contributed by atoms with E-state index < -0.39 is 59.8 Å². The van der Waals surface area contributed by atoms with E-state index in [4.69, 9.17) is 0 Å². The van der Waals surface area contributed by atoms with Crippen LogP contribution in [0.1, 0.15) is 73.6 Å². The van der Waals surface area contributed by atoms with Crippen LogP contribution in [0.4, 0.5) is 0 Å². The molecule has 0 rings (SSSR count). The van der Waals surface area contributed by atoms with Crippen LogP contribution in [-0.4, -0.2) is 91.6 Å². The maximum atomic E-state index is 14.1. The van der Waals surface area contributed by atoms with E-state index >= 15 is 0 Å². The predicted molar refractivity (Wildman–Crippen MR) is 140 cm³/mol. The maximum absolute atomic E-state index is 14.1. The van der Waals surface area contributed by atoms with E-state index in [2.05, 4.69) is 17.2 Å². The van der Waals surface area contributed by atoms with Gasteiger partial charge in [-0.05, 0) is 56.1 Å². The fourth-order valence-electron chi connectivity index (χ4n) is 4.15. The molecule has 0 spiro atoms. The number of ketones is 1. The molecule has 0 saturated carbocycles. The highest BCUT2D eigenvalue weighted by molar-refractivity contribution is 8.02. The molecular weight excluding hydrogens is 472 g/mol. The number of nitrogens with one attached hydrogen (secondary N) is 2. The summed E-state index contributed by atoms with van der Waals surface area (Å²) in [4.78, 5) is 27.2. The Hall–Kier alpha value is -1.01. The Kier molecular flexibility index (Phi) is 14.8. The zero-order valence-corrected chi connectivity index (χ0v) is 23.2. The first-order valence-electron chi connectivity index (χ1n) is 12.4. The molecule has 0 radical (unpaired) electrons. The van der Waals surface area contributed by atoms with Crippen LogP contribution in [0.3, 0.4) is 0 Å². The van der Waals surface area contributed by atoms with Crippen LogP contribution in [0, 0.1) is 5.92 Å². The Morgan fingerprint density at radius 2 is 1.46 bits per heavy atom. The van der Waals surface area contributed by atoms with E-state index in [-0.39, 0.29) is 18.8 Å². The quantitative estimate of drug-likeness (QED) is 0.133. The number of Topliss-reactive ketones (excluding diaryl/α,β-unsaturated/α-hetero) is 1. The van der Waals surface area contributed by atoms with Gasteiger partial charge in [-0.3, -0.25) is 20.2 Å². The molecular formula is C25H48N2O7S. The standard InChI is InChI=1S/C25H48N2O7S/c1-9-24(7,10-2)26-19(21(31)20(30)17(29)14-28)22(32)25(11-3,12-4)27-18(23(33)34)15(5)13-16(6)35-8/h15,17-21,26-31H,6,9-14H2,1-5,7-8H3,(H,33,34). The molecule has 0 heterocycles. The largest absolute Gasteiger partial charge is 0.480 e. The molecule has 0 fully saturated rings. The normalized spacial score (nSPS) is 17.8. The van der Waals surface area contributed by atoms with Crippen molar-refractivity contribution >= 4 is 23.5 Å². The van der Waals surface area contributed by atoms with Crippen molar-refractivity contribution in [2.75, 3.05) is 12.9 Å². The Bertz CT molecular complexity index is 683. The number of carboxylic acid groups (broad SMARTS) is 1. The minimum absolute atomic E-state index is 0.237. The molecule has 9 nitrogen and oxygen atoms in total. The lowest BCUT2D eigenvalue weighted by atomic mass is 9.78. The highest BCUT2D eigenvalue weighted by Gasteiger charge is 2.48. The van der Waals surface area contributed by atoms with Crippen LogP contribution >= 0.6 is 11.8 Å². The van der Waals surface area contributed by atoms with Gasteiger partial charge in [-0.15, -0.1) is 11.8 Å². The van der Waals surface area contributed by atoms with Gasteiger partial charge >= 0.3 is 5.97 Å². The monoisotopic (exact) mass is 520 g/mol. The van der Waals surface area contributed by atoms with Crippen LogP contribution in [0.15, 0.2) is 11.5 Å². The van der Waals surface area contributed by atoms with Gasteiger partial charge in [-0.25, -0.2) is 0 Å². The number of thioether (sulfide) groups is 1. The fraction of sp³-hybridized carbons (Fsp3) is 0.840. The molecule has 0 aliphatic rings. The van der Waals surface area contributed by atoms with Gasteiger partial charge in [0.1, 0.15) is 24.4 Å². The van der Waals surface area contributed by atoms with Gasteiger partial charge < -0.3 is 25.5 Å². The number of aliphatic hydroxyl groups is 4. The van der Waals surface area contributed by atoms with Gasteiger partial charge in [0.15, 0.2) is 5.78 Å². The zero-order chi connectivity index (χ0) is 27.6. The summed E-state index contributed by atoms with van der Waals surface area (Å²) in [5.74, 6) is -1.97. The van der Waals surface area contributed by atoms with Gasteiger partial charge in [-0.1, -0.05) is 41.2 Å². The third-order valence-corrected chi connectivity index (χ3v) is 8.15. The molecule has 0 bridgehead atoms. The molecule has 35 heavy (non-hydrogen) atoms. The number of hydrogen-bond acceptors (Lipinski definition) is 9. The molecule has 0 aliphatic carbocycles. The van der Waals surface area contributed by atoms with Crippen molar-refractivity contribution in [3.05, 3.63) is 11.5 Å². The summed E-state index contributed by atoms with van der Waals surface area (Å²) in [7, 11) is 0. The van der Waals surface area contributed by atoms with Gasteiger partial charge in [-0.2, -0.15) is 0 Å². The molecule has 0 aromatic carbocycles. The van der Waals surface area contributed by atoms with Crippen LogP contribution in [0.5, 0.6) is 0 Å². The highest BCUT2D eigenvalue weighted by Crippen LogP contribution is 2.28. The van der Waals surface area contributed by atoms with Crippen LogP contribution in [0.25, 0.3) is 0 Å². The summed E-state index contributed by atoms with van der Waals surface area (Å²) in [5.41, 5.74) is -1.91. The lowest BCUT2D eigenvalue weighted by Crippen LogP contribution is -2.68. The predicted octanol–water partition coefficient (Wildman–Crippen LogP) is 1.67. The number of aliphatic hydroxyl groups excluding tert-OH is 4. The van der Waals surface area contributed by atoms with Crippen molar-refractivity contribution in [1.29, 1.82) is 0 Å². The second kappa shape index (κ2) is 15.3. The molecule has 6 unspecified atom stereocenters. The van der Waals surface area contributed by atoms with Gasteiger partial charge in [0, 0.05) is 5.54 Å². The number of carboxylic acids is 1. The minimum atomic E-state index is -1.79. The lowest BCUT2D eigenvalue weighted by molar-refractivity contribution is -0.144. The number of aliphatic carboxylic acids is 1. The third-order valence-electron chi connectivity index (χ3n) is 7.40. The molecule has 0 amide bonds. The Morgan fingerprint density at radius 1 is 0.943 bits per heavy atom. The second-order valence-corrected chi connectivity index (χ2v) is 10.6. The van der Waals surface area contributed by atoms with Gasteiger partial charge in [0.2, 0.25) is 0 Å². The molecule has 0 saturated heterocycles. The summed E-state index contributed by atoms with van der Waals surface area (Å²) in [6.45, 7) is 14.2.